The fourth-order valence-corrected chi connectivity index (χ4v) is 3.62. The number of benzene rings is 2. The maximum atomic E-state index is 13.3. The van der Waals surface area contributed by atoms with Gasteiger partial charge in [0.2, 0.25) is 11.8 Å². The van der Waals surface area contributed by atoms with Crippen LogP contribution in [0.1, 0.15) is 38.3 Å². The first kappa shape index (κ1) is 24.0. The molecule has 7 heteroatoms. The van der Waals surface area contributed by atoms with Crippen molar-refractivity contribution in [3.05, 3.63) is 63.6 Å². The Hall–Kier alpha value is -2.24. The van der Waals surface area contributed by atoms with Gasteiger partial charge in [0.25, 0.3) is 0 Å². The van der Waals surface area contributed by atoms with Gasteiger partial charge in [0.05, 0.1) is 13.5 Å². The fraction of sp³-hybridized carbons (Fsp3) is 0.391. The number of rotatable bonds is 9. The van der Waals surface area contributed by atoms with Crippen molar-refractivity contribution in [3.8, 4) is 5.75 Å². The number of hydrogen-bond acceptors (Lipinski definition) is 3. The maximum Gasteiger partial charge on any atom is 0.243 e. The zero-order valence-corrected chi connectivity index (χ0v) is 19.3. The van der Waals surface area contributed by atoms with E-state index in [1.807, 2.05) is 45.0 Å². The molecule has 0 saturated heterocycles. The summed E-state index contributed by atoms with van der Waals surface area (Å²) in [4.78, 5) is 27.7. The number of nitrogens with one attached hydrogen (secondary N) is 1. The molecule has 0 spiro atoms. The van der Waals surface area contributed by atoms with Crippen molar-refractivity contribution >= 4 is 35.0 Å². The Balaban J connectivity index is 2.32. The summed E-state index contributed by atoms with van der Waals surface area (Å²) in [6.07, 6.45) is 0.652. The van der Waals surface area contributed by atoms with E-state index >= 15 is 0 Å². The molecular formula is C23H28Cl2N2O3. The SMILES string of the molecule is CC[C@H](C(=O)NC(C)C)N(Cc1ccc(Cl)cc1Cl)C(=O)Cc1ccc(OC)cc1. The van der Waals surface area contributed by atoms with E-state index in [9.17, 15) is 9.59 Å². The van der Waals surface area contributed by atoms with Crippen LogP contribution >= 0.6 is 23.2 Å². The normalized spacial score (nSPS) is 11.8. The molecule has 0 unspecified atom stereocenters. The molecule has 1 N–H and O–H groups in total. The largest absolute Gasteiger partial charge is 0.497 e. The van der Waals surface area contributed by atoms with Gasteiger partial charge in [-0.3, -0.25) is 9.59 Å². The van der Waals surface area contributed by atoms with Crippen LogP contribution in [0.15, 0.2) is 42.5 Å². The van der Waals surface area contributed by atoms with E-state index in [-0.39, 0.29) is 30.8 Å². The monoisotopic (exact) mass is 450 g/mol. The molecule has 0 radical (unpaired) electrons. The van der Waals surface area contributed by atoms with E-state index in [1.165, 1.54) is 0 Å². The summed E-state index contributed by atoms with van der Waals surface area (Å²) in [5, 5.41) is 3.89. The first-order chi connectivity index (χ1) is 14.2. The van der Waals surface area contributed by atoms with E-state index in [0.29, 0.717) is 16.5 Å². The zero-order valence-electron chi connectivity index (χ0n) is 17.7. The maximum absolute atomic E-state index is 13.3. The van der Waals surface area contributed by atoms with Crippen LogP contribution in [0.4, 0.5) is 0 Å². The molecule has 1 atom stereocenters. The molecule has 2 amide bonds. The number of ether oxygens (including phenoxy) is 1. The predicted molar refractivity (Wildman–Crippen MR) is 121 cm³/mol. The Bertz CT molecular complexity index is 869. The van der Waals surface area contributed by atoms with E-state index in [2.05, 4.69) is 5.32 Å². The second-order valence-corrected chi connectivity index (χ2v) is 8.21. The number of methoxy groups -OCH3 is 1. The Morgan fingerprint density at radius 3 is 2.30 bits per heavy atom. The molecule has 0 aliphatic heterocycles. The molecule has 0 bridgehead atoms. The number of carbonyl (C=O) groups excluding carboxylic acids is 2. The van der Waals surface area contributed by atoms with Gasteiger partial charge in [0.15, 0.2) is 0 Å². The molecule has 0 fully saturated rings. The molecule has 5 nitrogen and oxygen atoms in total. The Morgan fingerprint density at radius 1 is 1.10 bits per heavy atom. The van der Waals surface area contributed by atoms with Gasteiger partial charge in [0.1, 0.15) is 11.8 Å². The number of hydrogen-bond donors (Lipinski definition) is 1. The van der Waals surface area contributed by atoms with Gasteiger partial charge in [-0.25, -0.2) is 0 Å². The Labute approximate surface area is 188 Å². The van der Waals surface area contributed by atoms with Gasteiger partial charge in [-0.1, -0.05) is 48.3 Å². The molecule has 0 aliphatic rings. The highest BCUT2D eigenvalue weighted by Gasteiger charge is 2.29. The molecule has 0 aromatic heterocycles. The summed E-state index contributed by atoms with van der Waals surface area (Å²) in [5.74, 6) is 0.386. The highest BCUT2D eigenvalue weighted by Crippen LogP contribution is 2.24. The van der Waals surface area contributed by atoms with Gasteiger partial charge in [0, 0.05) is 22.6 Å². The highest BCUT2D eigenvalue weighted by atomic mass is 35.5. The summed E-state index contributed by atoms with van der Waals surface area (Å²) in [6, 6.07) is 11.8. The second kappa shape index (κ2) is 11.2. The van der Waals surface area contributed by atoms with Crippen molar-refractivity contribution in [1.82, 2.24) is 10.2 Å². The van der Waals surface area contributed by atoms with Crippen molar-refractivity contribution in [3.63, 3.8) is 0 Å². The second-order valence-electron chi connectivity index (χ2n) is 7.37. The average molecular weight is 451 g/mol. The summed E-state index contributed by atoms with van der Waals surface area (Å²) in [7, 11) is 1.59. The van der Waals surface area contributed by atoms with Crippen LogP contribution in [-0.2, 0) is 22.6 Å². The van der Waals surface area contributed by atoms with Crippen molar-refractivity contribution in [2.24, 2.45) is 0 Å². The smallest absolute Gasteiger partial charge is 0.243 e. The summed E-state index contributed by atoms with van der Waals surface area (Å²) in [6.45, 7) is 5.89. The molecule has 2 aromatic rings. The van der Waals surface area contributed by atoms with Crippen molar-refractivity contribution in [2.45, 2.75) is 52.2 Å². The standard InChI is InChI=1S/C23H28Cl2N2O3/c1-5-21(23(29)26-15(2)3)27(14-17-8-9-18(24)13-20(17)25)22(28)12-16-6-10-19(30-4)11-7-16/h6-11,13,15,21H,5,12,14H2,1-4H3,(H,26,29)/t21-/m1/s1. The minimum Gasteiger partial charge on any atom is -0.497 e. The van der Waals surface area contributed by atoms with Crippen LogP contribution in [0.2, 0.25) is 10.0 Å². The molecule has 0 aliphatic carbocycles. The van der Waals surface area contributed by atoms with Crippen molar-refractivity contribution in [1.29, 1.82) is 0 Å². The summed E-state index contributed by atoms with van der Waals surface area (Å²) < 4.78 is 5.17. The van der Waals surface area contributed by atoms with E-state index in [4.69, 9.17) is 27.9 Å². The van der Waals surface area contributed by atoms with Crippen LogP contribution in [0.3, 0.4) is 0 Å². The van der Waals surface area contributed by atoms with Crippen LogP contribution in [0, 0.1) is 0 Å². The number of amides is 2. The minimum atomic E-state index is -0.607. The lowest BCUT2D eigenvalue weighted by Gasteiger charge is -2.31. The van der Waals surface area contributed by atoms with E-state index < -0.39 is 6.04 Å². The molecular weight excluding hydrogens is 423 g/mol. The van der Waals surface area contributed by atoms with Crippen LogP contribution in [-0.4, -0.2) is 35.9 Å². The van der Waals surface area contributed by atoms with Gasteiger partial charge < -0.3 is 15.0 Å². The molecule has 2 aromatic carbocycles. The molecule has 2 rings (SSSR count). The topological polar surface area (TPSA) is 58.6 Å². The summed E-state index contributed by atoms with van der Waals surface area (Å²) >= 11 is 12.4. The Morgan fingerprint density at radius 2 is 1.77 bits per heavy atom. The molecule has 162 valence electrons. The number of nitrogens with zero attached hydrogens (tertiary/aromatic N) is 1. The lowest BCUT2D eigenvalue weighted by molar-refractivity contribution is -0.141. The molecule has 0 saturated carbocycles. The lowest BCUT2D eigenvalue weighted by Crippen LogP contribution is -2.50. The number of carbonyl (C=O) groups is 2. The quantitative estimate of drug-likeness (QED) is 0.592. The first-order valence-electron chi connectivity index (χ1n) is 9.91. The van der Waals surface area contributed by atoms with E-state index in [0.717, 1.165) is 16.9 Å². The van der Waals surface area contributed by atoms with Crippen LogP contribution in [0.25, 0.3) is 0 Å². The Kier molecular flexibility index (Phi) is 9.00. The van der Waals surface area contributed by atoms with Crippen molar-refractivity contribution < 1.29 is 14.3 Å². The number of halogens is 2. The van der Waals surface area contributed by atoms with Crippen molar-refractivity contribution in [2.75, 3.05) is 7.11 Å². The van der Waals surface area contributed by atoms with Crippen LogP contribution in [0.5, 0.6) is 5.75 Å². The van der Waals surface area contributed by atoms with Crippen LogP contribution < -0.4 is 10.1 Å². The van der Waals surface area contributed by atoms with E-state index in [1.54, 1.807) is 30.2 Å². The third-order valence-corrected chi connectivity index (χ3v) is 5.27. The van der Waals surface area contributed by atoms with Gasteiger partial charge in [-0.2, -0.15) is 0 Å². The average Bonchev–Trinajstić information content (AvgIpc) is 2.69. The summed E-state index contributed by atoms with van der Waals surface area (Å²) in [5.41, 5.74) is 1.58. The van der Waals surface area contributed by atoms with Gasteiger partial charge in [-0.05, 0) is 55.7 Å². The zero-order chi connectivity index (χ0) is 22.3. The fourth-order valence-electron chi connectivity index (χ4n) is 3.15. The first-order valence-corrected chi connectivity index (χ1v) is 10.7. The highest BCUT2D eigenvalue weighted by molar-refractivity contribution is 6.35. The third-order valence-electron chi connectivity index (χ3n) is 4.69. The molecule has 30 heavy (non-hydrogen) atoms. The molecule has 0 heterocycles. The minimum absolute atomic E-state index is 0.0239. The predicted octanol–water partition coefficient (Wildman–Crippen LogP) is 4.88. The third kappa shape index (κ3) is 6.64. The lowest BCUT2D eigenvalue weighted by atomic mass is 10.1. The van der Waals surface area contributed by atoms with Gasteiger partial charge in [-0.15, -0.1) is 0 Å². The van der Waals surface area contributed by atoms with Gasteiger partial charge >= 0.3 is 0 Å².